The lowest BCUT2D eigenvalue weighted by molar-refractivity contribution is -0.173. The Bertz CT molecular complexity index is 500. The maximum Gasteiger partial charge on any atom is 0.411 e. The smallest absolute Gasteiger partial charge is 0.411 e. The molecule has 1 aromatic rings. The Balaban J connectivity index is 2.70. The zero-order valence-corrected chi connectivity index (χ0v) is 11.4. The van der Waals surface area contributed by atoms with Crippen molar-refractivity contribution >= 4 is 5.78 Å². The summed E-state index contributed by atoms with van der Waals surface area (Å²) >= 11 is 0. The second-order valence-electron chi connectivity index (χ2n) is 4.03. The lowest BCUT2D eigenvalue weighted by Gasteiger charge is -2.11. The normalized spacial score (nSPS) is 11.3. The fourth-order valence-corrected chi connectivity index (χ4v) is 1.56. The molecule has 1 aromatic carbocycles. The first-order chi connectivity index (χ1) is 9.78. The summed E-state index contributed by atoms with van der Waals surface area (Å²) in [7, 11) is 2.63. The largest absolute Gasteiger partial charge is 0.493 e. The summed E-state index contributed by atoms with van der Waals surface area (Å²) < 4.78 is 63.4. The van der Waals surface area contributed by atoms with E-state index in [1.165, 1.54) is 14.2 Å². The molecule has 0 amide bonds. The molecule has 0 heterocycles. The molecule has 118 valence electrons. The van der Waals surface area contributed by atoms with Gasteiger partial charge in [-0.05, 0) is 6.07 Å². The monoisotopic (exact) mass is 310 g/mol. The molecule has 0 N–H and O–H groups in total. The van der Waals surface area contributed by atoms with E-state index in [2.05, 4.69) is 4.74 Å². The SMILES string of the molecule is COc1cc(F)c(C(=O)CCOCC(F)(F)F)cc1OC. The molecule has 4 nitrogen and oxygen atoms in total. The molecule has 0 atom stereocenters. The van der Waals surface area contributed by atoms with Gasteiger partial charge in [-0.3, -0.25) is 4.79 Å². The van der Waals surface area contributed by atoms with Crippen LogP contribution >= 0.6 is 0 Å². The van der Waals surface area contributed by atoms with Crippen LogP contribution in [0.2, 0.25) is 0 Å². The van der Waals surface area contributed by atoms with Crippen LogP contribution in [-0.4, -0.2) is 39.4 Å². The number of benzene rings is 1. The summed E-state index contributed by atoms with van der Waals surface area (Å²) in [6.45, 7) is -1.90. The molecule has 0 aromatic heterocycles. The highest BCUT2D eigenvalue weighted by Crippen LogP contribution is 2.30. The van der Waals surface area contributed by atoms with Gasteiger partial charge in [-0.2, -0.15) is 13.2 Å². The van der Waals surface area contributed by atoms with Crippen molar-refractivity contribution in [2.45, 2.75) is 12.6 Å². The van der Waals surface area contributed by atoms with E-state index >= 15 is 0 Å². The number of hydrogen-bond acceptors (Lipinski definition) is 4. The van der Waals surface area contributed by atoms with Gasteiger partial charge in [-0.25, -0.2) is 4.39 Å². The van der Waals surface area contributed by atoms with Crippen molar-refractivity contribution in [3.8, 4) is 11.5 Å². The Hall–Kier alpha value is -1.83. The number of methoxy groups -OCH3 is 2. The van der Waals surface area contributed by atoms with Crippen LogP contribution in [0.15, 0.2) is 12.1 Å². The van der Waals surface area contributed by atoms with Crippen LogP contribution in [-0.2, 0) is 4.74 Å². The summed E-state index contributed by atoms with van der Waals surface area (Å²) in [6, 6.07) is 2.11. The van der Waals surface area contributed by atoms with Gasteiger partial charge in [0.2, 0.25) is 0 Å². The minimum absolute atomic E-state index is 0.111. The van der Waals surface area contributed by atoms with Gasteiger partial charge in [0.25, 0.3) is 0 Å². The van der Waals surface area contributed by atoms with E-state index in [-0.39, 0.29) is 23.5 Å². The van der Waals surface area contributed by atoms with Gasteiger partial charge in [-0.15, -0.1) is 0 Å². The maximum absolute atomic E-state index is 13.7. The molecule has 0 unspecified atom stereocenters. The second-order valence-corrected chi connectivity index (χ2v) is 4.03. The highest BCUT2D eigenvalue weighted by molar-refractivity contribution is 5.97. The molecular weight excluding hydrogens is 296 g/mol. The van der Waals surface area contributed by atoms with Crippen molar-refractivity contribution < 1.29 is 36.6 Å². The molecule has 8 heteroatoms. The molecule has 0 bridgehead atoms. The Morgan fingerprint density at radius 3 is 2.24 bits per heavy atom. The Morgan fingerprint density at radius 2 is 1.71 bits per heavy atom. The molecule has 0 aliphatic rings. The third kappa shape index (κ3) is 5.22. The molecule has 0 saturated carbocycles. The molecule has 0 radical (unpaired) electrons. The zero-order chi connectivity index (χ0) is 16.0. The number of ether oxygens (including phenoxy) is 3. The Labute approximate surface area is 118 Å². The number of carbonyl (C=O) groups is 1. The fourth-order valence-electron chi connectivity index (χ4n) is 1.56. The molecule has 0 spiro atoms. The summed E-state index contributed by atoms with van der Waals surface area (Å²) in [6.07, 6.45) is -4.83. The van der Waals surface area contributed by atoms with Crippen molar-refractivity contribution in [2.24, 2.45) is 0 Å². The van der Waals surface area contributed by atoms with Crippen LogP contribution in [0.3, 0.4) is 0 Å². The summed E-state index contributed by atoms with van der Waals surface area (Å²) in [5, 5.41) is 0. The molecular formula is C13H14F4O4. The van der Waals surface area contributed by atoms with Crippen molar-refractivity contribution in [3.63, 3.8) is 0 Å². The number of halogens is 4. The van der Waals surface area contributed by atoms with Crippen LogP contribution in [0, 0.1) is 5.82 Å². The van der Waals surface area contributed by atoms with E-state index in [0.29, 0.717) is 0 Å². The molecule has 0 saturated heterocycles. The average Bonchev–Trinajstić information content (AvgIpc) is 2.41. The summed E-state index contributed by atoms with van der Waals surface area (Å²) in [5.41, 5.74) is -0.289. The zero-order valence-electron chi connectivity index (χ0n) is 11.4. The van der Waals surface area contributed by atoms with Crippen molar-refractivity contribution in [1.82, 2.24) is 0 Å². The van der Waals surface area contributed by atoms with E-state index in [1.807, 2.05) is 0 Å². The number of alkyl halides is 3. The Kier molecular flexibility index (Phi) is 5.95. The van der Waals surface area contributed by atoms with Gasteiger partial charge in [0.05, 0.1) is 26.4 Å². The van der Waals surface area contributed by atoms with Gasteiger partial charge >= 0.3 is 6.18 Å². The predicted molar refractivity (Wildman–Crippen MR) is 65.3 cm³/mol. The second kappa shape index (κ2) is 7.26. The first kappa shape index (κ1) is 17.2. The van der Waals surface area contributed by atoms with Gasteiger partial charge in [-0.1, -0.05) is 0 Å². The van der Waals surface area contributed by atoms with Gasteiger partial charge in [0.15, 0.2) is 17.3 Å². The molecule has 0 aliphatic carbocycles. The first-order valence-corrected chi connectivity index (χ1v) is 5.87. The highest BCUT2D eigenvalue weighted by Gasteiger charge is 2.27. The number of carbonyl (C=O) groups excluding carboxylic acids is 1. The quantitative estimate of drug-likeness (QED) is 0.441. The number of rotatable bonds is 7. The minimum atomic E-state index is -4.46. The highest BCUT2D eigenvalue weighted by atomic mass is 19.4. The number of hydrogen-bond donors (Lipinski definition) is 0. The van der Waals surface area contributed by atoms with Crippen molar-refractivity contribution in [2.75, 3.05) is 27.4 Å². The lowest BCUT2D eigenvalue weighted by Crippen LogP contribution is -2.18. The van der Waals surface area contributed by atoms with E-state index in [0.717, 1.165) is 12.1 Å². The minimum Gasteiger partial charge on any atom is -0.493 e. The third-order valence-electron chi connectivity index (χ3n) is 2.51. The van der Waals surface area contributed by atoms with Crippen LogP contribution in [0.25, 0.3) is 0 Å². The van der Waals surface area contributed by atoms with Crippen LogP contribution in [0.5, 0.6) is 11.5 Å². The van der Waals surface area contributed by atoms with Crippen LogP contribution in [0.1, 0.15) is 16.8 Å². The number of ketones is 1. The van der Waals surface area contributed by atoms with E-state index in [4.69, 9.17) is 9.47 Å². The molecule has 0 fully saturated rings. The standard InChI is InChI=1S/C13H14F4O4/c1-19-11-5-8(9(14)6-12(11)20-2)10(18)3-4-21-7-13(15,16)17/h5-6H,3-4,7H2,1-2H3. The van der Waals surface area contributed by atoms with Crippen LogP contribution < -0.4 is 9.47 Å². The van der Waals surface area contributed by atoms with E-state index in [9.17, 15) is 22.4 Å². The van der Waals surface area contributed by atoms with Gasteiger partial charge < -0.3 is 14.2 Å². The average molecular weight is 310 g/mol. The van der Waals surface area contributed by atoms with Gasteiger partial charge in [0, 0.05) is 12.5 Å². The fraction of sp³-hybridized carbons (Fsp3) is 0.462. The molecule has 1 rings (SSSR count). The Morgan fingerprint density at radius 1 is 1.14 bits per heavy atom. The maximum atomic E-state index is 13.7. The molecule has 21 heavy (non-hydrogen) atoms. The number of Topliss-reactive ketones (excluding diaryl/α,β-unsaturated/α-hetero) is 1. The first-order valence-electron chi connectivity index (χ1n) is 5.87. The molecule has 0 aliphatic heterocycles. The van der Waals surface area contributed by atoms with Crippen molar-refractivity contribution in [1.29, 1.82) is 0 Å². The lowest BCUT2D eigenvalue weighted by atomic mass is 10.1. The van der Waals surface area contributed by atoms with E-state index in [1.54, 1.807) is 0 Å². The van der Waals surface area contributed by atoms with E-state index < -0.39 is 31.0 Å². The third-order valence-corrected chi connectivity index (χ3v) is 2.51. The predicted octanol–water partition coefficient (Wildman–Crippen LogP) is 2.99. The van der Waals surface area contributed by atoms with Gasteiger partial charge in [0.1, 0.15) is 12.4 Å². The summed E-state index contributed by atoms with van der Waals surface area (Å²) in [4.78, 5) is 11.8. The van der Waals surface area contributed by atoms with Crippen LogP contribution in [0.4, 0.5) is 17.6 Å². The topological polar surface area (TPSA) is 44.8 Å². The summed E-state index contributed by atoms with van der Waals surface area (Å²) in [5.74, 6) is -1.26. The van der Waals surface area contributed by atoms with Crippen molar-refractivity contribution in [3.05, 3.63) is 23.5 Å².